The van der Waals surface area contributed by atoms with Gasteiger partial charge in [-0.05, 0) is 25.0 Å². The number of carbonyl (C=O) groups is 1. The van der Waals surface area contributed by atoms with Crippen LogP contribution in [0.25, 0.3) is 0 Å². The van der Waals surface area contributed by atoms with Crippen LogP contribution in [-0.2, 0) is 14.3 Å². The zero-order valence-corrected chi connectivity index (χ0v) is 12.6. The standard InChI is InChI=1S/C16H20FNO4/c1-20-14-9-18(11-16(14)7-4-8-22-16)15(19)10-21-13-6-3-2-5-12(13)17/h2-3,5-6,14H,4,7-11H2,1H3/t14-,16-/m0/s1. The maximum Gasteiger partial charge on any atom is 0.260 e. The van der Waals surface area contributed by atoms with E-state index in [0.29, 0.717) is 19.7 Å². The van der Waals surface area contributed by atoms with Crippen molar-refractivity contribution < 1.29 is 23.4 Å². The Hall–Kier alpha value is -1.66. The van der Waals surface area contributed by atoms with E-state index in [1.54, 1.807) is 24.1 Å². The van der Waals surface area contributed by atoms with Crippen molar-refractivity contribution in [2.75, 3.05) is 33.4 Å². The second kappa shape index (κ2) is 6.22. The highest BCUT2D eigenvalue weighted by Gasteiger charge is 2.51. The van der Waals surface area contributed by atoms with Crippen molar-refractivity contribution in [3.8, 4) is 5.75 Å². The molecule has 0 saturated carbocycles. The van der Waals surface area contributed by atoms with Crippen LogP contribution in [-0.4, -0.2) is 55.9 Å². The lowest BCUT2D eigenvalue weighted by Crippen LogP contribution is -2.42. The topological polar surface area (TPSA) is 48.0 Å². The van der Waals surface area contributed by atoms with E-state index in [2.05, 4.69) is 0 Å². The molecule has 3 rings (SSSR count). The van der Waals surface area contributed by atoms with Gasteiger partial charge in [0.2, 0.25) is 0 Å². The second-order valence-corrected chi connectivity index (χ2v) is 5.73. The monoisotopic (exact) mass is 309 g/mol. The van der Waals surface area contributed by atoms with Gasteiger partial charge in [0.1, 0.15) is 11.7 Å². The summed E-state index contributed by atoms with van der Waals surface area (Å²) >= 11 is 0. The Balaban J connectivity index is 1.60. The molecule has 120 valence electrons. The van der Waals surface area contributed by atoms with Gasteiger partial charge in [-0.25, -0.2) is 4.39 Å². The van der Waals surface area contributed by atoms with Gasteiger partial charge < -0.3 is 19.1 Å². The van der Waals surface area contributed by atoms with Crippen LogP contribution in [0.2, 0.25) is 0 Å². The minimum atomic E-state index is -0.470. The lowest BCUT2D eigenvalue weighted by atomic mass is 9.97. The van der Waals surface area contributed by atoms with Crippen LogP contribution < -0.4 is 4.74 Å². The summed E-state index contributed by atoms with van der Waals surface area (Å²) in [4.78, 5) is 14.0. The van der Waals surface area contributed by atoms with E-state index < -0.39 is 5.82 Å². The van der Waals surface area contributed by atoms with Crippen molar-refractivity contribution in [1.29, 1.82) is 0 Å². The third-order valence-corrected chi connectivity index (χ3v) is 4.39. The summed E-state index contributed by atoms with van der Waals surface area (Å²) in [5.41, 5.74) is -0.387. The molecule has 22 heavy (non-hydrogen) atoms. The number of nitrogens with zero attached hydrogens (tertiary/aromatic N) is 1. The van der Waals surface area contributed by atoms with Crippen LogP contribution in [0.15, 0.2) is 24.3 Å². The van der Waals surface area contributed by atoms with Gasteiger partial charge >= 0.3 is 0 Å². The molecule has 2 atom stereocenters. The van der Waals surface area contributed by atoms with Crippen molar-refractivity contribution in [3.05, 3.63) is 30.1 Å². The van der Waals surface area contributed by atoms with E-state index in [1.807, 2.05) is 0 Å². The molecular weight excluding hydrogens is 289 g/mol. The fraction of sp³-hybridized carbons (Fsp3) is 0.562. The molecule has 1 aromatic carbocycles. The van der Waals surface area contributed by atoms with Crippen LogP contribution in [0, 0.1) is 5.82 Å². The summed E-state index contributed by atoms with van der Waals surface area (Å²) in [5.74, 6) is -0.565. The molecule has 0 aliphatic carbocycles. The highest BCUT2D eigenvalue weighted by molar-refractivity contribution is 5.78. The average Bonchev–Trinajstić information content (AvgIpc) is 3.14. The number of methoxy groups -OCH3 is 1. The Bertz CT molecular complexity index is 545. The molecule has 1 aromatic rings. The average molecular weight is 309 g/mol. The molecule has 2 saturated heterocycles. The Labute approximate surface area is 128 Å². The largest absolute Gasteiger partial charge is 0.481 e. The first-order valence-electron chi connectivity index (χ1n) is 7.46. The predicted octanol–water partition coefficient (Wildman–Crippen LogP) is 1.61. The van der Waals surface area contributed by atoms with Gasteiger partial charge in [0, 0.05) is 20.3 Å². The Morgan fingerprint density at radius 1 is 1.50 bits per heavy atom. The normalized spacial score (nSPS) is 27.5. The summed E-state index contributed by atoms with van der Waals surface area (Å²) in [6, 6.07) is 6.06. The molecule has 0 bridgehead atoms. The Kier molecular flexibility index (Phi) is 4.31. The molecular formula is C16H20FNO4. The van der Waals surface area contributed by atoms with Crippen LogP contribution >= 0.6 is 0 Å². The van der Waals surface area contributed by atoms with Gasteiger partial charge in [-0.1, -0.05) is 12.1 Å². The molecule has 0 aromatic heterocycles. The van der Waals surface area contributed by atoms with Crippen LogP contribution in [0.4, 0.5) is 4.39 Å². The molecule has 2 fully saturated rings. The first kappa shape index (κ1) is 15.2. The van der Waals surface area contributed by atoms with E-state index in [4.69, 9.17) is 14.2 Å². The molecule has 2 aliphatic rings. The van der Waals surface area contributed by atoms with Crippen molar-refractivity contribution in [3.63, 3.8) is 0 Å². The third-order valence-electron chi connectivity index (χ3n) is 4.39. The number of ether oxygens (including phenoxy) is 3. The lowest BCUT2D eigenvalue weighted by molar-refractivity contribution is -0.133. The molecule has 0 radical (unpaired) electrons. The Morgan fingerprint density at radius 3 is 3.00 bits per heavy atom. The minimum Gasteiger partial charge on any atom is -0.481 e. The predicted molar refractivity (Wildman–Crippen MR) is 77.2 cm³/mol. The van der Waals surface area contributed by atoms with E-state index in [0.717, 1.165) is 12.8 Å². The quantitative estimate of drug-likeness (QED) is 0.848. The smallest absolute Gasteiger partial charge is 0.260 e. The van der Waals surface area contributed by atoms with Gasteiger partial charge in [0.05, 0.1) is 6.54 Å². The second-order valence-electron chi connectivity index (χ2n) is 5.73. The maximum absolute atomic E-state index is 13.5. The van der Waals surface area contributed by atoms with Crippen LogP contribution in [0.5, 0.6) is 5.75 Å². The molecule has 5 nitrogen and oxygen atoms in total. The SMILES string of the molecule is CO[C@H]1CN(C(=O)COc2ccccc2F)C[C@@]12CCCO2. The minimum absolute atomic E-state index is 0.0881. The number of benzene rings is 1. The molecule has 2 heterocycles. The van der Waals surface area contributed by atoms with Crippen molar-refractivity contribution in [2.45, 2.75) is 24.5 Å². The highest BCUT2D eigenvalue weighted by atomic mass is 19.1. The number of likely N-dealkylation sites (tertiary alicyclic amines) is 1. The van der Waals surface area contributed by atoms with Crippen LogP contribution in [0.3, 0.4) is 0 Å². The highest BCUT2D eigenvalue weighted by Crippen LogP contribution is 2.36. The fourth-order valence-electron chi connectivity index (χ4n) is 3.23. The van der Waals surface area contributed by atoms with Crippen molar-refractivity contribution in [1.82, 2.24) is 4.90 Å². The Morgan fingerprint density at radius 2 is 2.32 bits per heavy atom. The number of carbonyl (C=O) groups excluding carboxylic acids is 1. The van der Waals surface area contributed by atoms with Crippen molar-refractivity contribution >= 4 is 5.91 Å². The fourth-order valence-corrected chi connectivity index (χ4v) is 3.23. The van der Waals surface area contributed by atoms with E-state index in [1.165, 1.54) is 12.1 Å². The van der Waals surface area contributed by atoms with E-state index in [-0.39, 0.29) is 30.0 Å². The third kappa shape index (κ3) is 2.80. The van der Waals surface area contributed by atoms with Gasteiger partial charge in [-0.3, -0.25) is 4.79 Å². The molecule has 2 aliphatic heterocycles. The summed E-state index contributed by atoms with van der Waals surface area (Å²) in [6.45, 7) is 1.50. The molecule has 6 heteroatoms. The zero-order chi connectivity index (χ0) is 15.6. The van der Waals surface area contributed by atoms with Crippen molar-refractivity contribution in [2.24, 2.45) is 0 Å². The number of hydrogen-bond donors (Lipinski definition) is 0. The summed E-state index contributed by atoms with van der Waals surface area (Å²) in [5, 5.41) is 0. The summed E-state index contributed by atoms with van der Waals surface area (Å²) in [7, 11) is 1.64. The number of halogens is 1. The first-order valence-corrected chi connectivity index (χ1v) is 7.46. The first-order chi connectivity index (χ1) is 10.6. The van der Waals surface area contributed by atoms with Gasteiger partial charge in [0.15, 0.2) is 18.2 Å². The van der Waals surface area contributed by atoms with E-state index >= 15 is 0 Å². The number of rotatable bonds is 4. The number of amides is 1. The number of hydrogen-bond acceptors (Lipinski definition) is 4. The van der Waals surface area contributed by atoms with Crippen LogP contribution in [0.1, 0.15) is 12.8 Å². The van der Waals surface area contributed by atoms with Gasteiger partial charge in [-0.2, -0.15) is 0 Å². The number of para-hydroxylation sites is 1. The van der Waals surface area contributed by atoms with Gasteiger partial charge in [-0.15, -0.1) is 0 Å². The lowest BCUT2D eigenvalue weighted by Gasteiger charge is -2.27. The van der Waals surface area contributed by atoms with Gasteiger partial charge in [0.25, 0.3) is 5.91 Å². The molecule has 1 amide bonds. The molecule has 0 unspecified atom stereocenters. The molecule has 1 spiro atoms. The zero-order valence-electron chi connectivity index (χ0n) is 12.6. The summed E-state index contributed by atoms with van der Waals surface area (Å²) < 4.78 is 30.1. The molecule has 0 N–H and O–H groups in total. The maximum atomic E-state index is 13.5. The van der Waals surface area contributed by atoms with E-state index in [9.17, 15) is 9.18 Å². The summed E-state index contributed by atoms with van der Waals surface area (Å²) in [6.07, 6.45) is 1.75.